The zero-order valence-electron chi connectivity index (χ0n) is 10.1. The highest BCUT2D eigenvalue weighted by atomic mass is 16.6. The minimum Gasteiger partial charge on any atom is -0.481 e. The van der Waals surface area contributed by atoms with Crippen molar-refractivity contribution in [3.05, 3.63) is 52.2 Å². The fraction of sp³-hybridized carbons (Fsp3) is 0.154. The van der Waals surface area contributed by atoms with Crippen LogP contribution in [0.3, 0.4) is 0 Å². The van der Waals surface area contributed by atoms with Gasteiger partial charge in [-0.25, -0.2) is 4.98 Å². The number of nitrogens with zero attached hydrogens (tertiary/aromatic N) is 2. The number of hydrogen-bond acceptors (Lipinski definition) is 4. The molecule has 1 aromatic carbocycles. The molecule has 92 valence electrons. The largest absolute Gasteiger partial charge is 0.481 e. The summed E-state index contributed by atoms with van der Waals surface area (Å²) in [7, 11) is 1.54. The van der Waals surface area contributed by atoms with E-state index in [1.807, 2.05) is 12.1 Å². The first kappa shape index (κ1) is 12.0. The molecule has 0 atom stereocenters. The lowest BCUT2D eigenvalue weighted by Crippen LogP contribution is -1.92. The molecule has 0 amide bonds. The van der Waals surface area contributed by atoms with E-state index in [0.717, 1.165) is 11.1 Å². The monoisotopic (exact) mass is 244 g/mol. The summed E-state index contributed by atoms with van der Waals surface area (Å²) in [5.74, 6) is 0.514. The number of aromatic nitrogens is 1. The Morgan fingerprint density at radius 1 is 1.22 bits per heavy atom. The van der Waals surface area contributed by atoms with E-state index in [4.69, 9.17) is 4.74 Å². The molecule has 0 bridgehead atoms. The molecular weight excluding hydrogens is 232 g/mol. The van der Waals surface area contributed by atoms with Gasteiger partial charge in [-0.2, -0.15) is 0 Å². The molecule has 18 heavy (non-hydrogen) atoms. The summed E-state index contributed by atoms with van der Waals surface area (Å²) in [6.07, 6.45) is 1.63. The van der Waals surface area contributed by atoms with E-state index in [1.165, 1.54) is 0 Å². The van der Waals surface area contributed by atoms with Gasteiger partial charge in [-0.1, -0.05) is 12.1 Å². The highest BCUT2D eigenvalue weighted by Gasteiger charge is 2.11. The SMILES string of the molecule is COc1ccc(-c2ccc(C)c([N+](=O)[O-])c2)cn1. The molecule has 0 aliphatic carbocycles. The minimum atomic E-state index is -0.379. The van der Waals surface area contributed by atoms with Crippen molar-refractivity contribution in [3.63, 3.8) is 0 Å². The third kappa shape index (κ3) is 2.29. The molecule has 2 aromatic rings. The Labute approximate surface area is 104 Å². The molecule has 0 aliphatic rings. The van der Waals surface area contributed by atoms with Crippen molar-refractivity contribution in [2.45, 2.75) is 6.92 Å². The van der Waals surface area contributed by atoms with Gasteiger partial charge in [0.05, 0.1) is 12.0 Å². The Balaban J connectivity index is 2.44. The average molecular weight is 244 g/mol. The Hall–Kier alpha value is -2.43. The zero-order valence-corrected chi connectivity index (χ0v) is 10.1. The number of ether oxygens (including phenoxy) is 1. The van der Waals surface area contributed by atoms with Gasteiger partial charge in [0.1, 0.15) is 0 Å². The number of benzene rings is 1. The maximum atomic E-state index is 10.9. The molecule has 0 fully saturated rings. The molecule has 1 heterocycles. The third-order valence-corrected chi connectivity index (χ3v) is 2.68. The van der Waals surface area contributed by atoms with E-state index in [2.05, 4.69) is 4.98 Å². The summed E-state index contributed by atoms with van der Waals surface area (Å²) in [5, 5.41) is 10.9. The molecule has 0 aliphatic heterocycles. The fourth-order valence-corrected chi connectivity index (χ4v) is 1.66. The van der Waals surface area contributed by atoms with Gasteiger partial charge in [-0.15, -0.1) is 0 Å². The highest BCUT2D eigenvalue weighted by Crippen LogP contribution is 2.26. The van der Waals surface area contributed by atoms with Crippen molar-refractivity contribution < 1.29 is 9.66 Å². The first-order chi connectivity index (χ1) is 8.61. The number of nitro benzene ring substituents is 1. The first-order valence-corrected chi connectivity index (χ1v) is 5.37. The quantitative estimate of drug-likeness (QED) is 0.615. The summed E-state index contributed by atoms with van der Waals surface area (Å²) in [6, 6.07) is 8.67. The number of nitro groups is 1. The number of pyridine rings is 1. The third-order valence-electron chi connectivity index (χ3n) is 2.68. The van der Waals surface area contributed by atoms with Crippen molar-refractivity contribution in [3.8, 4) is 17.0 Å². The molecule has 0 radical (unpaired) electrons. The van der Waals surface area contributed by atoms with Crippen LogP contribution in [0.15, 0.2) is 36.5 Å². The number of methoxy groups -OCH3 is 1. The fourth-order valence-electron chi connectivity index (χ4n) is 1.66. The molecule has 2 rings (SSSR count). The van der Waals surface area contributed by atoms with Crippen LogP contribution in [0.5, 0.6) is 5.88 Å². The Kier molecular flexibility index (Phi) is 3.23. The predicted molar refractivity (Wildman–Crippen MR) is 67.6 cm³/mol. The topological polar surface area (TPSA) is 65.3 Å². The van der Waals surface area contributed by atoms with Gasteiger partial charge >= 0.3 is 0 Å². The van der Waals surface area contributed by atoms with Gasteiger partial charge in [0.15, 0.2) is 0 Å². The van der Waals surface area contributed by atoms with Crippen LogP contribution in [-0.2, 0) is 0 Å². The standard InChI is InChI=1S/C13H12N2O3/c1-9-3-4-10(7-12(9)15(16)17)11-5-6-13(18-2)14-8-11/h3-8H,1-2H3. The summed E-state index contributed by atoms with van der Waals surface area (Å²) >= 11 is 0. The lowest BCUT2D eigenvalue weighted by molar-refractivity contribution is -0.385. The molecule has 5 nitrogen and oxygen atoms in total. The molecule has 0 unspecified atom stereocenters. The summed E-state index contributed by atoms with van der Waals surface area (Å²) in [4.78, 5) is 14.6. The number of rotatable bonds is 3. The van der Waals surface area contributed by atoms with Gasteiger partial charge in [0, 0.05) is 29.5 Å². The van der Waals surface area contributed by atoms with Crippen LogP contribution in [0.4, 0.5) is 5.69 Å². The second-order valence-corrected chi connectivity index (χ2v) is 3.85. The average Bonchev–Trinajstić information content (AvgIpc) is 2.39. The Morgan fingerprint density at radius 3 is 2.50 bits per heavy atom. The smallest absolute Gasteiger partial charge is 0.272 e. The van der Waals surface area contributed by atoms with E-state index in [-0.39, 0.29) is 10.6 Å². The van der Waals surface area contributed by atoms with Crippen LogP contribution >= 0.6 is 0 Å². The van der Waals surface area contributed by atoms with E-state index >= 15 is 0 Å². The highest BCUT2D eigenvalue weighted by molar-refractivity contribution is 5.66. The number of aryl methyl sites for hydroxylation is 1. The van der Waals surface area contributed by atoms with Crippen LogP contribution in [0.25, 0.3) is 11.1 Å². The Morgan fingerprint density at radius 2 is 1.94 bits per heavy atom. The van der Waals surface area contributed by atoms with Crippen LogP contribution in [0, 0.1) is 17.0 Å². The van der Waals surface area contributed by atoms with Crippen LogP contribution in [-0.4, -0.2) is 17.0 Å². The molecule has 0 N–H and O–H groups in total. The van der Waals surface area contributed by atoms with E-state index < -0.39 is 0 Å². The molecule has 1 aromatic heterocycles. The minimum absolute atomic E-state index is 0.114. The number of hydrogen-bond donors (Lipinski definition) is 0. The van der Waals surface area contributed by atoms with Gasteiger partial charge < -0.3 is 4.74 Å². The predicted octanol–water partition coefficient (Wildman–Crippen LogP) is 2.97. The summed E-state index contributed by atoms with van der Waals surface area (Å²) in [6.45, 7) is 1.72. The maximum Gasteiger partial charge on any atom is 0.272 e. The normalized spacial score (nSPS) is 10.1. The lowest BCUT2D eigenvalue weighted by Gasteiger charge is -2.04. The van der Waals surface area contributed by atoms with Crippen molar-refractivity contribution in [2.75, 3.05) is 7.11 Å². The van der Waals surface area contributed by atoms with Gasteiger partial charge in [0.25, 0.3) is 5.69 Å². The molecule has 5 heteroatoms. The van der Waals surface area contributed by atoms with Crippen LogP contribution < -0.4 is 4.74 Å². The summed E-state index contributed by atoms with van der Waals surface area (Å²) in [5.41, 5.74) is 2.34. The zero-order chi connectivity index (χ0) is 13.1. The second kappa shape index (κ2) is 4.83. The summed E-state index contributed by atoms with van der Waals surface area (Å²) < 4.78 is 4.97. The van der Waals surface area contributed by atoms with Crippen molar-refractivity contribution in [2.24, 2.45) is 0 Å². The van der Waals surface area contributed by atoms with Crippen molar-refractivity contribution >= 4 is 5.69 Å². The van der Waals surface area contributed by atoms with E-state index in [0.29, 0.717) is 11.4 Å². The maximum absolute atomic E-state index is 10.9. The van der Waals surface area contributed by atoms with Gasteiger partial charge in [0.2, 0.25) is 5.88 Å². The Bertz CT molecular complexity index is 579. The van der Waals surface area contributed by atoms with Crippen molar-refractivity contribution in [1.82, 2.24) is 4.98 Å². The molecule has 0 saturated carbocycles. The van der Waals surface area contributed by atoms with Crippen LogP contribution in [0.1, 0.15) is 5.56 Å². The second-order valence-electron chi connectivity index (χ2n) is 3.85. The van der Waals surface area contributed by atoms with Crippen LogP contribution in [0.2, 0.25) is 0 Å². The van der Waals surface area contributed by atoms with E-state index in [1.54, 1.807) is 38.4 Å². The molecule has 0 saturated heterocycles. The van der Waals surface area contributed by atoms with E-state index in [9.17, 15) is 10.1 Å². The first-order valence-electron chi connectivity index (χ1n) is 5.37. The van der Waals surface area contributed by atoms with Gasteiger partial charge in [-0.3, -0.25) is 10.1 Å². The lowest BCUT2D eigenvalue weighted by atomic mass is 10.0. The van der Waals surface area contributed by atoms with Gasteiger partial charge in [-0.05, 0) is 18.6 Å². The molecular formula is C13H12N2O3. The molecule has 0 spiro atoms. The van der Waals surface area contributed by atoms with Crippen molar-refractivity contribution in [1.29, 1.82) is 0 Å².